The SMILES string of the molecule is CCCC/C(=C\C=C\C(=O)N[C@H](C)CCCc1cccnc1)c1ccc(Cl)cc1. The Bertz CT molecular complexity index is 797. The number of carbonyl (C=O) groups is 1. The van der Waals surface area contributed by atoms with E-state index < -0.39 is 0 Å². The standard InChI is InChI=1S/C25H31ClN2O/c1-3-4-11-22(23-14-16-24(26)17-15-23)12-6-13-25(29)28-20(2)8-5-9-21-10-7-18-27-19-21/h6-7,10,12-20H,3-5,8-9,11H2,1-2H3,(H,28,29)/b13-6+,22-12+/t20-/m1/s1. The fourth-order valence-electron chi connectivity index (χ4n) is 3.13. The third kappa shape index (κ3) is 9.10. The summed E-state index contributed by atoms with van der Waals surface area (Å²) in [5, 5.41) is 3.77. The number of nitrogens with one attached hydrogen (secondary N) is 1. The van der Waals surface area contributed by atoms with Crippen LogP contribution in [0.3, 0.4) is 0 Å². The zero-order chi connectivity index (χ0) is 20.9. The summed E-state index contributed by atoms with van der Waals surface area (Å²) in [6.45, 7) is 4.23. The average Bonchev–Trinajstić information content (AvgIpc) is 2.72. The summed E-state index contributed by atoms with van der Waals surface area (Å²) in [4.78, 5) is 16.3. The van der Waals surface area contributed by atoms with E-state index >= 15 is 0 Å². The van der Waals surface area contributed by atoms with Gasteiger partial charge in [0.2, 0.25) is 5.91 Å². The second-order valence-electron chi connectivity index (χ2n) is 7.32. The molecule has 1 N–H and O–H groups in total. The molecule has 4 heteroatoms. The summed E-state index contributed by atoms with van der Waals surface area (Å²) in [6.07, 6.45) is 15.3. The van der Waals surface area contributed by atoms with Crippen LogP contribution in [0.15, 0.2) is 67.0 Å². The van der Waals surface area contributed by atoms with Gasteiger partial charge in [-0.05, 0) is 73.9 Å². The molecule has 29 heavy (non-hydrogen) atoms. The molecule has 0 saturated heterocycles. The van der Waals surface area contributed by atoms with Crippen LogP contribution in [-0.2, 0) is 11.2 Å². The normalized spacial score (nSPS) is 12.9. The van der Waals surface area contributed by atoms with E-state index in [1.807, 2.05) is 55.6 Å². The Hall–Kier alpha value is -2.39. The molecule has 3 nitrogen and oxygen atoms in total. The van der Waals surface area contributed by atoms with Crippen molar-refractivity contribution in [3.8, 4) is 0 Å². The van der Waals surface area contributed by atoms with E-state index in [1.54, 1.807) is 12.3 Å². The highest BCUT2D eigenvalue weighted by molar-refractivity contribution is 6.30. The van der Waals surface area contributed by atoms with Gasteiger partial charge in [-0.25, -0.2) is 0 Å². The molecule has 0 aliphatic heterocycles. The highest BCUT2D eigenvalue weighted by Crippen LogP contribution is 2.22. The number of allylic oxidation sites excluding steroid dienone is 3. The molecule has 154 valence electrons. The highest BCUT2D eigenvalue weighted by Gasteiger charge is 2.05. The van der Waals surface area contributed by atoms with Crippen LogP contribution in [0.2, 0.25) is 5.02 Å². The summed E-state index contributed by atoms with van der Waals surface area (Å²) in [5.74, 6) is -0.0546. The maximum absolute atomic E-state index is 12.2. The lowest BCUT2D eigenvalue weighted by atomic mass is 10.00. The average molecular weight is 411 g/mol. The molecule has 0 radical (unpaired) electrons. The molecule has 0 aliphatic rings. The number of halogens is 1. The van der Waals surface area contributed by atoms with Gasteiger partial charge in [-0.1, -0.05) is 55.3 Å². The van der Waals surface area contributed by atoms with Crippen LogP contribution in [0, 0.1) is 0 Å². The summed E-state index contributed by atoms with van der Waals surface area (Å²) in [7, 11) is 0. The lowest BCUT2D eigenvalue weighted by Crippen LogP contribution is -2.31. The largest absolute Gasteiger partial charge is 0.350 e. The van der Waals surface area contributed by atoms with E-state index in [0.717, 1.165) is 49.1 Å². The van der Waals surface area contributed by atoms with Gasteiger partial charge >= 0.3 is 0 Å². The number of pyridine rings is 1. The van der Waals surface area contributed by atoms with Crippen molar-refractivity contribution in [2.75, 3.05) is 0 Å². The van der Waals surface area contributed by atoms with Gasteiger partial charge in [0.05, 0.1) is 0 Å². The lowest BCUT2D eigenvalue weighted by molar-refractivity contribution is -0.117. The minimum absolute atomic E-state index is 0.0546. The molecule has 1 amide bonds. The van der Waals surface area contributed by atoms with Gasteiger partial charge in [-0.3, -0.25) is 9.78 Å². The first kappa shape index (κ1) is 22.9. The number of unbranched alkanes of at least 4 members (excludes halogenated alkanes) is 1. The first-order valence-corrected chi connectivity index (χ1v) is 10.8. The molecule has 1 aromatic carbocycles. The first-order valence-electron chi connectivity index (χ1n) is 10.4. The summed E-state index contributed by atoms with van der Waals surface area (Å²) in [5.41, 5.74) is 3.60. The van der Waals surface area contributed by atoms with Gasteiger partial charge in [0, 0.05) is 29.5 Å². The number of hydrogen-bond acceptors (Lipinski definition) is 2. The van der Waals surface area contributed by atoms with Gasteiger partial charge in [0.1, 0.15) is 0 Å². The van der Waals surface area contributed by atoms with Crippen LogP contribution in [-0.4, -0.2) is 16.9 Å². The van der Waals surface area contributed by atoms with Crippen molar-refractivity contribution in [2.45, 2.75) is 58.4 Å². The van der Waals surface area contributed by atoms with Gasteiger partial charge in [0.15, 0.2) is 0 Å². The quantitative estimate of drug-likeness (QED) is 0.344. The van der Waals surface area contributed by atoms with E-state index in [-0.39, 0.29) is 11.9 Å². The van der Waals surface area contributed by atoms with E-state index in [4.69, 9.17) is 11.6 Å². The molecule has 0 aliphatic carbocycles. The Kier molecular flexibility index (Phi) is 10.2. The maximum Gasteiger partial charge on any atom is 0.244 e. The maximum atomic E-state index is 12.2. The van der Waals surface area contributed by atoms with Crippen molar-refractivity contribution >= 4 is 23.1 Å². The second-order valence-corrected chi connectivity index (χ2v) is 7.76. The van der Waals surface area contributed by atoms with Gasteiger partial charge in [0.25, 0.3) is 0 Å². The van der Waals surface area contributed by atoms with Crippen LogP contribution in [0.1, 0.15) is 57.1 Å². The Labute approximate surface area is 179 Å². The molecule has 0 saturated carbocycles. The topological polar surface area (TPSA) is 42.0 Å². The fraction of sp³-hybridized carbons (Fsp3) is 0.360. The fourth-order valence-corrected chi connectivity index (χ4v) is 3.25. The monoisotopic (exact) mass is 410 g/mol. The van der Waals surface area contributed by atoms with Gasteiger partial charge < -0.3 is 5.32 Å². The molecule has 0 fully saturated rings. The summed E-state index contributed by atoms with van der Waals surface area (Å²) in [6, 6.07) is 12.0. The Morgan fingerprint density at radius 2 is 2.00 bits per heavy atom. The van der Waals surface area contributed by atoms with Crippen LogP contribution in [0.4, 0.5) is 0 Å². The number of benzene rings is 1. The molecule has 1 atom stereocenters. The van der Waals surface area contributed by atoms with E-state index in [0.29, 0.717) is 0 Å². The van der Waals surface area contributed by atoms with Crippen LogP contribution >= 0.6 is 11.6 Å². The Morgan fingerprint density at radius 1 is 1.21 bits per heavy atom. The van der Waals surface area contributed by atoms with Crippen molar-refractivity contribution in [2.24, 2.45) is 0 Å². The minimum Gasteiger partial charge on any atom is -0.350 e. The number of nitrogens with zero attached hydrogens (tertiary/aromatic N) is 1. The molecule has 2 aromatic rings. The van der Waals surface area contributed by atoms with Crippen LogP contribution < -0.4 is 5.32 Å². The number of aryl methyl sites for hydroxylation is 1. The molecule has 2 rings (SSSR count). The van der Waals surface area contributed by atoms with Crippen molar-refractivity contribution in [1.82, 2.24) is 10.3 Å². The van der Waals surface area contributed by atoms with E-state index in [2.05, 4.69) is 23.3 Å². The molecular formula is C25H31ClN2O. The van der Waals surface area contributed by atoms with Crippen molar-refractivity contribution in [3.05, 3.63) is 83.2 Å². The second kappa shape index (κ2) is 12.9. The third-order valence-corrected chi connectivity index (χ3v) is 5.03. The number of hydrogen-bond donors (Lipinski definition) is 1. The third-order valence-electron chi connectivity index (χ3n) is 4.77. The van der Waals surface area contributed by atoms with E-state index in [9.17, 15) is 4.79 Å². The first-order chi connectivity index (χ1) is 14.1. The Balaban J connectivity index is 1.83. The number of amides is 1. The van der Waals surface area contributed by atoms with Crippen molar-refractivity contribution in [3.63, 3.8) is 0 Å². The molecular weight excluding hydrogens is 380 g/mol. The number of carbonyl (C=O) groups excluding carboxylic acids is 1. The molecule has 0 bridgehead atoms. The summed E-state index contributed by atoms with van der Waals surface area (Å²) < 4.78 is 0. The minimum atomic E-state index is -0.0546. The zero-order valence-corrected chi connectivity index (χ0v) is 18.2. The van der Waals surface area contributed by atoms with Crippen LogP contribution in [0.5, 0.6) is 0 Å². The van der Waals surface area contributed by atoms with Crippen molar-refractivity contribution < 1.29 is 4.79 Å². The molecule has 0 unspecified atom stereocenters. The number of aromatic nitrogens is 1. The predicted molar refractivity (Wildman–Crippen MR) is 123 cm³/mol. The Morgan fingerprint density at radius 3 is 2.69 bits per heavy atom. The predicted octanol–water partition coefficient (Wildman–Crippen LogP) is 6.39. The molecule has 0 spiro atoms. The number of rotatable bonds is 11. The highest BCUT2D eigenvalue weighted by atomic mass is 35.5. The van der Waals surface area contributed by atoms with Gasteiger partial charge in [-0.2, -0.15) is 0 Å². The zero-order valence-electron chi connectivity index (χ0n) is 17.4. The van der Waals surface area contributed by atoms with Gasteiger partial charge in [-0.15, -0.1) is 0 Å². The molecule has 1 heterocycles. The lowest BCUT2D eigenvalue weighted by Gasteiger charge is -2.12. The van der Waals surface area contributed by atoms with E-state index in [1.165, 1.54) is 11.1 Å². The smallest absolute Gasteiger partial charge is 0.244 e. The molecule has 1 aromatic heterocycles. The van der Waals surface area contributed by atoms with Crippen molar-refractivity contribution in [1.29, 1.82) is 0 Å². The summed E-state index contributed by atoms with van der Waals surface area (Å²) >= 11 is 6.00. The van der Waals surface area contributed by atoms with Crippen LogP contribution in [0.25, 0.3) is 5.57 Å².